The lowest BCUT2D eigenvalue weighted by atomic mass is 9.86. The monoisotopic (exact) mass is 251 g/mol. The Balaban J connectivity index is 0.000000487. The molecule has 6 heteroatoms. The molecule has 0 aliphatic heterocycles. The van der Waals surface area contributed by atoms with Crippen LogP contribution in [0.2, 0.25) is 0 Å². The summed E-state index contributed by atoms with van der Waals surface area (Å²) < 4.78 is 22.8. The standard InChI is InChI=1S/C10H19NO.H2O3S/c11-10(12)8-4-7-9-5-2-1-3-6-9;1-4(2)3/h9H,1-8H2,(H2,11,12);(H2,1,2,3). The van der Waals surface area contributed by atoms with E-state index in [-0.39, 0.29) is 5.91 Å². The second kappa shape index (κ2) is 9.74. The van der Waals surface area contributed by atoms with Gasteiger partial charge < -0.3 is 5.73 Å². The van der Waals surface area contributed by atoms with E-state index >= 15 is 0 Å². The normalized spacial score (nSPS) is 16.7. The lowest BCUT2D eigenvalue weighted by molar-refractivity contribution is -0.118. The Morgan fingerprint density at radius 2 is 1.75 bits per heavy atom. The highest BCUT2D eigenvalue weighted by molar-refractivity contribution is 7.73. The van der Waals surface area contributed by atoms with Crippen molar-refractivity contribution in [2.24, 2.45) is 11.7 Å². The van der Waals surface area contributed by atoms with Gasteiger partial charge in [0.2, 0.25) is 5.91 Å². The zero-order valence-electron chi connectivity index (χ0n) is 9.43. The summed E-state index contributed by atoms with van der Waals surface area (Å²) in [5, 5.41) is 0. The summed E-state index contributed by atoms with van der Waals surface area (Å²) in [6.07, 6.45) is 9.73. The van der Waals surface area contributed by atoms with Crippen LogP contribution in [0.4, 0.5) is 0 Å². The quantitative estimate of drug-likeness (QED) is 0.664. The first kappa shape index (κ1) is 15.5. The van der Waals surface area contributed by atoms with Crippen molar-refractivity contribution in [1.82, 2.24) is 0 Å². The molecule has 16 heavy (non-hydrogen) atoms. The molecule has 0 saturated heterocycles. The number of carbonyl (C=O) groups is 1. The molecule has 0 aromatic heterocycles. The first-order valence-electron chi connectivity index (χ1n) is 5.60. The van der Waals surface area contributed by atoms with Gasteiger partial charge in [-0.25, -0.2) is 0 Å². The maximum absolute atomic E-state index is 10.5. The first-order valence-corrected chi connectivity index (χ1v) is 6.67. The maximum atomic E-state index is 10.5. The van der Waals surface area contributed by atoms with Crippen molar-refractivity contribution in [3.63, 3.8) is 0 Å². The minimum Gasteiger partial charge on any atom is -0.370 e. The average Bonchev–Trinajstić information content (AvgIpc) is 2.18. The average molecular weight is 251 g/mol. The highest BCUT2D eigenvalue weighted by Crippen LogP contribution is 2.27. The Kier molecular flexibility index (Phi) is 9.46. The van der Waals surface area contributed by atoms with Crippen LogP contribution >= 0.6 is 0 Å². The SMILES string of the molecule is NC(=O)CCCC1CCCCC1.O=S(O)O. The molecule has 0 spiro atoms. The zero-order valence-corrected chi connectivity index (χ0v) is 10.2. The number of nitrogens with two attached hydrogens (primary N) is 1. The number of hydrogen-bond acceptors (Lipinski definition) is 2. The minimum atomic E-state index is -2.61. The molecule has 96 valence electrons. The van der Waals surface area contributed by atoms with Crippen LogP contribution in [-0.2, 0) is 16.2 Å². The molecule has 5 nitrogen and oxygen atoms in total. The Bertz CT molecular complexity index is 213. The summed E-state index contributed by atoms with van der Waals surface area (Å²) in [4.78, 5) is 10.5. The Morgan fingerprint density at radius 1 is 1.25 bits per heavy atom. The molecular formula is C10H21NO4S. The molecule has 0 heterocycles. The topological polar surface area (TPSA) is 101 Å². The summed E-state index contributed by atoms with van der Waals surface area (Å²) in [7, 11) is 0. The summed E-state index contributed by atoms with van der Waals surface area (Å²) in [5.41, 5.74) is 5.07. The number of primary amides is 1. The molecule has 1 rings (SSSR count). The van der Waals surface area contributed by atoms with E-state index in [1.165, 1.54) is 38.5 Å². The number of hydrogen-bond donors (Lipinski definition) is 3. The largest absolute Gasteiger partial charge is 0.370 e. The fraction of sp³-hybridized carbons (Fsp3) is 0.900. The summed E-state index contributed by atoms with van der Waals surface area (Å²) in [6.45, 7) is 0. The maximum Gasteiger partial charge on any atom is 0.299 e. The number of rotatable bonds is 4. The van der Waals surface area contributed by atoms with Crippen molar-refractivity contribution in [3.05, 3.63) is 0 Å². The smallest absolute Gasteiger partial charge is 0.299 e. The van der Waals surface area contributed by atoms with Crippen molar-refractivity contribution in [3.8, 4) is 0 Å². The van der Waals surface area contributed by atoms with Crippen molar-refractivity contribution < 1.29 is 18.1 Å². The molecule has 1 aliphatic rings. The van der Waals surface area contributed by atoms with Crippen LogP contribution in [0.5, 0.6) is 0 Å². The van der Waals surface area contributed by atoms with Crippen molar-refractivity contribution in [1.29, 1.82) is 0 Å². The van der Waals surface area contributed by atoms with Crippen molar-refractivity contribution >= 4 is 17.3 Å². The Morgan fingerprint density at radius 3 is 2.19 bits per heavy atom. The number of carbonyl (C=O) groups excluding carboxylic acids is 1. The molecule has 0 bridgehead atoms. The van der Waals surface area contributed by atoms with Gasteiger partial charge in [-0.05, 0) is 18.8 Å². The van der Waals surface area contributed by atoms with E-state index in [1.807, 2.05) is 0 Å². The van der Waals surface area contributed by atoms with E-state index in [9.17, 15) is 4.79 Å². The van der Waals surface area contributed by atoms with Crippen LogP contribution in [0.3, 0.4) is 0 Å². The molecule has 0 radical (unpaired) electrons. The fourth-order valence-corrected chi connectivity index (χ4v) is 2.04. The van der Waals surface area contributed by atoms with E-state index in [0.717, 1.165) is 12.3 Å². The van der Waals surface area contributed by atoms with Gasteiger partial charge in [0.1, 0.15) is 0 Å². The van der Waals surface area contributed by atoms with E-state index < -0.39 is 11.4 Å². The van der Waals surface area contributed by atoms with Gasteiger partial charge in [0.05, 0.1) is 0 Å². The molecule has 0 unspecified atom stereocenters. The van der Waals surface area contributed by atoms with Gasteiger partial charge in [0.15, 0.2) is 0 Å². The second-order valence-electron chi connectivity index (χ2n) is 4.09. The Hall–Kier alpha value is -0.460. The van der Waals surface area contributed by atoms with E-state index in [2.05, 4.69) is 0 Å². The van der Waals surface area contributed by atoms with Crippen LogP contribution in [0.25, 0.3) is 0 Å². The molecule has 1 aliphatic carbocycles. The minimum absolute atomic E-state index is 0.147. The molecular weight excluding hydrogens is 230 g/mol. The van der Waals surface area contributed by atoms with Crippen LogP contribution in [0, 0.1) is 5.92 Å². The van der Waals surface area contributed by atoms with Gasteiger partial charge in [-0.1, -0.05) is 32.1 Å². The van der Waals surface area contributed by atoms with Crippen LogP contribution in [-0.4, -0.2) is 19.2 Å². The Labute approximate surface area is 98.9 Å². The molecule has 0 atom stereocenters. The predicted octanol–water partition coefficient (Wildman–Crippen LogP) is 1.90. The zero-order chi connectivity index (χ0) is 12.4. The molecule has 0 aromatic rings. The molecule has 1 saturated carbocycles. The third-order valence-corrected chi connectivity index (χ3v) is 2.76. The molecule has 1 fully saturated rings. The lowest BCUT2D eigenvalue weighted by Gasteiger charge is -2.20. The summed E-state index contributed by atoms with van der Waals surface area (Å²) in [6, 6.07) is 0. The van der Waals surface area contributed by atoms with Crippen molar-refractivity contribution in [2.45, 2.75) is 51.4 Å². The third-order valence-electron chi connectivity index (χ3n) is 2.76. The number of amides is 1. The van der Waals surface area contributed by atoms with Crippen LogP contribution in [0.15, 0.2) is 0 Å². The fourth-order valence-electron chi connectivity index (χ4n) is 2.04. The van der Waals surface area contributed by atoms with Crippen molar-refractivity contribution in [2.75, 3.05) is 0 Å². The summed E-state index contributed by atoms with van der Waals surface area (Å²) >= 11 is -2.61. The van der Waals surface area contributed by atoms with Gasteiger partial charge >= 0.3 is 0 Å². The third kappa shape index (κ3) is 11.6. The molecule has 1 amide bonds. The van der Waals surface area contributed by atoms with Gasteiger partial charge in [-0.3, -0.25) is 13.9 Å². The highest BCUT2D eigenvalue weighted by atomic mass is 32.2. The molecule has 4 N–H and O–H groups in total. The highest BCUT2D eigenvalue weighted by Gasteiger charge is 2.12. The predicted molar refractivity (Wildman–Crippen MR) is 63.0 cm³/mol. The van der Waals surface area contributed by atoms with Gasteiger partial charge in [0.25, 0.3) is 11.4 Å². The van der Waals surface area contributed by atoms with Gasteiger partial charge in [-0.15, -0.1) is 0 Å². The first-order chi connectivity index (χ1) is 7.52. The summed E-state index contributed by atoms with van der Waals surface area (Å²) in [5.74, 6) is 0.740. The van der Waals surface area contributed by atoms with Crippen LogP contribution < -0.4 is 5.73 Å². The second-order valence-corrected chi connectivity index (χ2v) is 4.55. The van der Waals surface area contributed by atoms with E-state index in [0.29, 0.717) is 6.42 Å². The van der Waals surface area contributed by atoms with E-state index in [1.54, 1.807) is 0 Å². The van der Waals surface area contributed by atoms with Gasteiger partial charge in [-0.2, -0.15) is 4.21 Å². The lowest BCUT2D eigenvalue weighted by Crippen LogP contribution is -2.12. The van der Waals surface area contributed by atoms with E-state index in [4.69, 9.17) is 19.0 Å². The van der Waals surface area contributed by atoms with Crippen LogP contribution in [0.1, 0.15) is 51.4 Å². The van der Waals surface area contributed by atoms with Gasteiger partial charge in [0, 0.05) is 6.42 Å². The molecule has 0 aromatic carbocycles.